The summed E-state index contributed by atoms with van der Waals surface area (Å²) < 4.78 is 31.6. The highest BCUT2D eigenvalue weighted by molar-refractivity contribution is 7.79. The van der Waals surface area contributed by atoms with Gasteiger partial charge in [0.25, 0.3) is 0 Å². The number of aliphatic hydroxyl groups is 1. The second kappa shape index (κ2) is 6.46. The molecule has 0 bridgehead atoms. The molecular weight excluding hydrogens is 176 g/mol. The lowest BCUT2D eigenvalue weighted by atomic mass is 10.4. The van der Waals surface area contributed by atoms with Gasteiger partial charge in [0, 0.05) is 13.1 Å². The van der Waals surface area contributed by atoms with E-state index in [-0.39, 0.29) is 13.1 Å². The average molecular weight is 188 g/mol. The van der Waals surface area contributed by atoms with Crippen molar-refractivity contribution >= 4 is 10.4 Å². The molecule has 0 rings (SSSR count). The van der Waals surface area contributed by atoms with E-state index in [1.807, 2.05) is 0 Å². The molecule has 11 heavy (non-hydrogen) atoms. The van der Waals surface area contributed by atoms with Crippen molar-refractivity contribution in [1.29, 1.82) is 0 Å². The summed E-state index contributed by atoms with van der Waals surface area (Å²) >= 11 is 0. The van der Waals surface area contributed by atoms with Crippen molar-refractivity contribution in [2.24, 2.45) is 11.5 Å². The van der Waals surface area contributed by atoms with Gasteiger partial charge >= 0.3 is 10.4 Å². The van der Waals surface area contributed by atoms with Crippen LogP contribution >= 0.6 is 0 Å². The maximum Gasteiger partial charge on any atom is 0.394 e. The Bertz CT molecular complexity index is 155. The Labute approximate surface area is 64.6 Å². The standard InChI is InChI=1S/C3H10N2O.H2O4S/c4-1-3(6)2-5;1-5(2,3)4/h3,6H,1-2,4-5H2;(H2,1,2,3,4). The van der Waals surface area contributed by atoms with Crippen molar-refractivity contribution in [2.75, 3.05) is 13.1 Å². The van der Waals surface area contributed by atoms with Gasteiger partial charge < -0.3 is 16.6 Å². The Kier molecular flexibility index (Phi) is 7.84. The summed E-state index contributed by atoms with van der Waals surface area (Å²) in [6.45, 7) is 0.521. The quantitative estimate of drug-likeness (QED) is 0.304. The molecule has 0 saturated carbocycles. The number of hydrogen-bond donors (Lipinski definition) is 5. The first-order valence-corrected chi connectivity index (χ1v) is 3.99. The van der Waals surface area contributed by atoms with Crippen molar-refractivity contribution in [1.82, 2.24) is 0 Å². The molecular formula is C3H12N2O5S. The SMILES string of the molecule is NCC(O)CN.O=S(=O)(O)O. The van der Waals surface area contributed by atoms with Crippen molar-refractivity contribution in [3.63, 3.8) is 0 Å². The number of nitrogens with two attached hydrogens (primary N) is 2. The molecule has 0 atom stereocenters. The van der Waals surface area contributed by atoms with E-state index in [9.17, 15) is 0 Å². The van der Waals surface area contributed by atoms with Crippen LogP contribution < -0.4 is 11.5 Å². The number of rotatable bonds is 2. The third kappa shape index (κ3) is 41.6. The Morgan fingerprint density at radius 1 is 1.18 bits per heavy atom. The molecule has 0 unspecified atom stereocenters. The van der Waals surface area contributed by atoms with Crippen LogP contribution in [0.3, 0.4) is 0 Å². The second-order valence-corrected chi connectivity index (χ2v) is 2.47. The number of aliphatic hydroxyl groups excluding tert-OH is 1. The zero-order valence-electron chi connectivity index (χ0n) is 5.71. The van der Waals surface area contributed by atoms with Crippen LogP contribution in [0.2, 0.25) is 0 Å². The molecule has 0 fully saturated rings. The first kappa shape index (κ1) is 13.3. The molecule has 70 valence electrons. The van der Waals surface area contributed by atoms with Gasteiger partial charge in [0.15, 0.2) is 0 Å². The van der Waals surface area contributed by atoms with Gasteiger partial charge in [-0.3, -0.25) is 9.11 Å². The van der Waals surface area contributed by atoms with E-state index < -0.39 is 16.5 Å². The van der Waals surface area contributed by atoms with Crippen molar-refractivity contribution < 1.29 is 22.6 Å². The summed E-state index contributed by atoms with van der Waals surface area (Å²) in [4.78, 5) is 0. The van der Waals surface area contributed by atoms with E-state index in [0.717, 1.165) is 0 Å². The molecule has 0 aromatic carbocycles. The fraction of sp³-hybridized carbons (Fsp3) is 1.00. The van der Waals surface area contributed by atoms with Gasteiger partial charge in [0.1, 0.15) is 0 Å². The first-order chi connectivity index (χ1) is 4.81. The van der Waals surface area contributed by atoms with Gasteiger partial charge in [0.05, 0.1) is 6.10 Å². The second-order valence-electron chi connectivity index (χ2n) is 1.57. The van der Waals surface area contributed by atoms with Crippen molar-refractivity contribution in [3.05, 3.63) is 0 Å². The molecule has 7 N–H and O–H groups in total. The topological polar surface area (TPSA) is 147 Å². The van der Waals surface area contributed by atoms with Crippen LogP contribution in [0.5, 0.6) is 0 Å². The summed E-state index contributed by atoms with van der Waals surface area (Å²) in [7, 11) is -4.67. The monoisotopic (exact) mass is 188 g/mol. The lowest BCUT2D eigenvalue weighted by Crippen LogP contribution is -2.27. The third-order valence-electron chi connectivity index (χ3n) is 0.544. The van der Waals surface area contributed by atoms with Gasteiger partial charge in [-0.05, 0) is 0 Å². The maximum atomic E-state index is 8.74. The first-order valence-electron chi connectivity index (χ1n) is 2.59. The predicted molar refractivity (Wildman–Crippen MR) is 38.3 cm³/mol. The minimum atomic E-state index is -4.67. The Morgan fingerprint density at radius 2 is 1.36 bits per heavy atom. The Morgan fingerprint density at radius 3 is 1.36 bits per heavy atom. The fourth-order valence-corrected chi connectivity index (χ4v) is 0.0962. The normalized spacial score (nSPS) is 10.7. The highest BCUT2D eigenvalue weighted by Crippen LogP contribution is 1.66. The summed E-state index contributed by atoms with van der Waals surface area (Å²) in [5, 5.41) is 8.42. The Balaban J connectivity index is 0. The minimum absolute atomic E-state index is 0.260. The van der Waals surface area contributed by atoms with E-state index in [1.165, 1.54) is 0 Å². The maximum absolute atomic E-state index is 8.74. The van der Waals surface area contributed by atoms with Crippen LogP contribution in [0.15, 0.2) is 0 Å². The molecule has 0 heterocycles. The van der Waals surface area contributed by atoms with Gasteiger partial charge in [-0.1, -0.05) is 0 Å². The van der Waals surface area contributed by atoms with E-state index >= 15 is 0 Å². The minimum Gasteiger partial charge on any atom is -0.390 e. The molecule has 8 heteroatoms. The van der Waals surface area contributed by atoms with Gasteiger partial charge in [-0.15, -0.1) is 0 Å². The van der Waals surface area contributed by atoms with Crippen molar-refractivity contribution in [2.45, 2.75) is 6.10 Å². The van der Waals surface area contributed by atoms with Crippen LogP contribution in [-0.2, 0) is 10.4 Å². The lowest BCUT2D eigenvalue weighted by Gasteiger charge is -1.98. The molecule has 0 aromatic rings. The zero-order chi connectivity index (χ0) is 9.49. The van der Waals surface area contributed by atoms with E-state index in [2.05, 4.69) is 0 Å². The molecule has 0 aliphatic carbocycles. The van der Waals surface area contributed by atoms with Crippen molar-refractivity contribution in [3.8, 4) is 0 Å². The summed E-state index contributed by atoms with van der Waals surface area (Å²) in [5.41, 5.74) is 9.91. The van der Waals surface area contributed by atoms with Gasteiger partial charge in [-0.2, -0.15) is 8.42 Å². The lowest BCUT2D eigenvalue weighted by molar-refractivity contribution is 0.191. The van der Waals surface area contributed by atoms with Crippen LogP contribution in [0.1, 0.15) is 0 Å². The number of hydrogen-bond acceptors (Lipinski definition) is 5. The molecule has 0 aliphatic rings. The molecule has 0 aliphatic heterocycles. The van der Waals surface area contributed by atoms with Crippen LogP contribution in [0.4, 0.5) is 0 Å². The largest absolute Gasteiger partial charge is 0.394 e. The molecule has 0 aromatic heterocycles. The predicted octanol–water partition coefficient (Wildman–Crippen LogP) is -2.39. The summed E-state index contributed by atoms with van der Waals surface area (Å²) in [6, 6.07) is 0. The van der Waals surface area contributed by atoms with E-state index in [0.29, 0.717) is 0 Å². The highest BCUT2D eigenvalue weighted by Gasteiger charge is 1.91. The zero-order valence-corrected chi connectivity index (χ0v) is 6.53. The van der Waals surface area contributed by atoms with Gasteiger partial charge in [0.2, 0.25) is 0 Å². The Hall–Kier alpha value is -0.250. The van der Waals surface area contributed by atoms with Gasteiger partial charge in [-0.25, -0.2) is 0 Å². The summed E-state index contributed by atoms with van der Waals surface area (Å²) in [6.07, 6.45) is -0.509. The smallest absolute Gasteiger partial charge is 0.390 e. The van der Waals surface area contributed by atoms with Crippen LogP contribution in [0.25, 0.3) is 0 Å². The fourth-order valence-electron chi connectivity index (χ4n) is 0.0962. The van der Waals surface area contributed by atoms with E-state index in [1.54, 1.807) is 0 Å². The van der Waals surface area contributed by atoms with Crippen LogP contribution in [-0.4, -0.2) is 41.8 Å². The highest BCUT2D eigenvalue weighted by atomic mass is 32.3. The summed E-state index contributed by atoms with van der Waals surface area (Å²) in [5.74, 6) is 0. The average Bonchev–Trinajstić information content (AvgIpc) is 1.83. The third-order valence-corrected chi connectivity index (χ3v) is 0.544. The molecule has 0 amide bonds. The molecule has 0 radical (unpaired) electrons. The molecule has 0 spiro atoms. The van der Waals surface area contributed by atoms with E-state index in [4.69, 9.17) is 34.1 Å². The molecule has 0 saturated heterocycles. The van der Waals surface area contributed by atoms with Crippen LogP contribution in [0, 0.1) is 0 Å². The molecule has 7 nitrogen and oxygen atoms in total.